The molecule has 0 radical (unpaired) electrons. The van der Waals surface area contributed by atoms with E-state index in [4.69, 9.17) is 4.98 Å². The van der Waals surface area contributed by atoms with Gasteiger partial charge in [-0.2, -0.15) is 0 Å². The minimum atomic E-state index is -0.482. The van der Waals surface area contributed by atoms with Crippen LogP contribution in [-0.2, 0) is 17.6 Å². The molecule has 150 valence electrons. The van der Waals surface area contributed by atoms with Gasteiger partial charge in [-0.1, -0.05) is 23.9 Å². The number of carbonyl (C=O) groups is 1. The number of hydrogen-bond acceptors (Lipinski definition) is 5. The maximum Gasteiger partial charge on any atom is 0.267 e. The van der Waals surface area contributed by atoms with Crippen LogP contribution >= 0.6 is 23.1 Å². The molecule has 5 rings (SSSR count). The molecule has 0 saturated heterocycles. The fraction of sp³-hybridized carbons (Fsp3) is 0.381. The number of aromatic nitrogens is 2. The Labute approximate surface area is 175 Å². The maximum absolute atomic E-state index is 14.6. The molecule has 2 aliphatic rings. The summed E-state index contributed by atoms with van der Waals surface area (Å²) < 4.78 is 15.9. The van der Waals surface area contributed by atoms with Crippen molar-refractivity contribution in [3.8, 4) is 5.69 Å². The molecular formula is C21H20FN3O2S2. The van der Waals surface area contributed by atoms with Gasteiger partial charge < -0.3 is 5.32 Å². The second-order valence-electron chi connectivity index (χ2n) is 7.51. The third-order valence-corrected chi connectivity index (χ3v) is 7.45. The van der Waals surface area contributed by atoms with Crippen LogP contribution in [0.2, 0.25) is 0 Å². The maximum atomic E-state index is 14.6. The van der Waals surface area contributed by atoms with Gasteiger partial charge in [-0.3, -0.25) is 14.2 Å². The molecule has 5 nitrogen and oxygen atoms in total. The first-order valence-electron chi connectivity index (χ1n) is 9.86. The highest BCUT2D eigenvalue weighted by Crippen LogP contribution is 2.35. The van der Waals surface area contributed by atoms with Gasteiger partial charge in [0.1, 0.15) is 10.6 Å². The van der Waals surface area contributed by atoms with E-state index >= 15 is 0 Å². The molecule has 2 heterocycles. The largest absolute Gasteiger partial charge is 0.353 e. The normalized spacial score (nSPS) is 16.0. The second-order valence-corrected chi connectivity index (χ2v) is 9.53. The van der Waals surface area contributed by atoms with Gasteiger partial charge in [0.05, 0.1) is 16.8 Å². The molecule has 3 aromatic rings. The standard InChI is InChI=1S/C21H20FN3O2S2/c22-14-6-2-3-7-15(14)25-20(27)18-13-5-1-4-8-16(13)29-19(18)24-21(25)28-11-17(26)23-12-9-10-12/h2-3,6-7,12H,1,4-5,8-11H2,(H,23,26). The van der Waals surface area contributed by atoms with Gasteiger partial charge in [-0.25, -0.2) is 9.37 Å². The van der Waals surface area contributed by atoms with Crippen LogP contribution in [0, 0.1) is 5.82 Å². The predicted molar refractivity (Wildman–Crippen MR) is 114 cm³/mol. The van der Waals surface area contributed by atoms with Crippen molar-refractivity contribution in [3.05, 3.63) is 50.9 Å². The topological polar surface area (TPSA) is 64.0 Å². The number of halogens is 1. The van der Waals surface area contributed by atoms with Crippen molar-refractivity contribution in [1.29, 1.82) is 0 Å². The summed E-state index contributed by atoms with van der Waals surface area (Å²) in [4.78, 5) is 32.3. The number of aryl methyl sites for hydroxylation is 2. The van der Waals surface area contributed by atoms with Crippen molar-refractivity contribution < 1.29 is 9.18 Å². The Kier molecular flexibility index (Phi) is 4.91. The molecule has 1 amide bonds. The van der Waals surface area contributed by atoms with Crippen LogP contribution in [0.25, 0.3) is 15.9 Å². The van der Waals surface area contributed by atoms with Crippen molar-refractivity contribution in [2.75, 3.05) is 5.75 Å². The van der Waals surface area contributed by atoms with Crippen LogP contribution in [0.3, 0.4) is 0 Å². The molecular weight excluding hydrogens is 409 g/mol. The average Bonchev–Trinajstić information content (AvgIpc) is 3.44. The summed E-state index contributed by atoms with van der Waals surface area (Å²) in [7, 11) is 0. The Morgan fingerprint density at radius 1 is 1.28 bits per heavy atom. The highest BCUT2D eigenvalue weighted by molar-refractivity contribution is 7.99. The molecule has 1 fully saturated rings. The van der Waals surface area contributed by atoms with Crippen molar-refractivity contribution in [1.82, 2.24) is 14.9 Å². The highest BCUT2D eigenvalue weighted by Gasteiger charge is 2.26. The molecule has 1 N–H and O–H groups in total. The molecule has 0 atom stereocenters. The smallest absolute Gasteiger partial charge is 0.267 e. The summed E-state index contributed by atoms with van der Waals surface area (Å²) in [5.74, 6) is -0.421. The minimum absolute atomic E-state index is 0.0857. The lowest BCUT2D eigenvalue weighted by Crippen LogP contribution is -2.28. The number of benzene rings is 1. The van der Waals surface area contributed by atoms with E-state index < -0.39 is 5.82 Å². The van der Waals surface area contributed by atoms with E-state index in [-0.39, 0.29) is 28.9 Å². The van der Waals surface area contributed by atoms with Crippen LogP contribution in [0.4, 0.5) is 4.39 Å². The molecule has 2 aromatic heterocycles. The summed E-state index contributed by atoms with van der Waals surface area (Å²) in [6, 6.07) is 6.49. The molecule has 0 unspecified atom stereocenters. The summed E-state index contributed by atoms with van der Waals surface area (Å²) in [6.07, 6.45) is 6.02. The molecule has 1 saturated carbocycles. The van der Waals surface area contributed by atoms with Gasteiger partial charge in [0.25, 0.3) is 5.56 Å². The fourth-order valence-electron chi connectivity index (χ4n) is 3.76. The van der Waals surface area contributed by atoms with Crippen LogP contribution in [-0.4, -0.2) is 27.3 Å². The number of fused-ring (bicyclic) bond motifs is 3. The monoisotopic (exact) mass is 429 g/mol. The van der Waals surface area contributed by atoms with Crippen LogP contribution in [0.5, 0.6) is 0 Å². The lowest BCUT2D eigenvalue weighted by Gasteiger charge is -2.14. The Bertz CT molecular complexity index is 1170. The average molecular weight is 430 g/mol. The first-order valence-corrected chi connectivity index (χ1v) is 11.7. The first kappa shape index (κ1) is 18.8. The Hall–Kier alpha value is -2.19. The zero-order valence-electron chi connectivity index (χ0n) is 15.7. The van der Waals surface area contributed by atoms with Gasteiger partial charge >= 0.3 is 0 Å². The summed E-state index contributed by atoms with van der Waals surface area (Å²) in [5, 5.41) is 3.91. The molecule has 0 bridgehead atoms. The number of hydrogen-bond donors (Lipinski definition) is 1. The van der Waals surface area contributed by atoms with Gasteiger partial charge in [-0.15, -0.1) is 11.3 Å². The number of amides is 1. The minimum Gasteiger partial charge on any atom is -0.353 e. The first-order chi connectivity index (χ1) is 14.1. The molecule has 0 aliphatic heterocycles. The number of nitrogens with one attached hydrogen (secondary N) is 1. The molecule has 0 spiro atoms. The van der Waals surface area contributed by atoms with Crippen molar-refractivity contribution in [2.45, 2.75) is 49.7 Å². The van der Waals surface area contributed by atoms with Gasteiger partial charge in [0.15, 0.2) is 5.16 Å². The molecule has 8 heteroatoms. The van der Waals surface area contributed by atoms with Gasteiger partial charge in [0.2, 0.25) is 5.91 Å². The Morgan fingerprint density at radius 3 is 2.86 bits per heavy atom. The summed E-state index contributed by atoms with van der Waals surface area (Å²) >= 11 is 2.74. The molecule has 1 aromatic carbocycles. The van der Waals surface area contributed by atoms with Crippen LogP contribution < -0.4 is 10.9 Å². The van der Waals surface area contributed by atoms with E-state index in [1.54, 1.807) is 29.5 Å². The summed E-state index contributed by atoms with van der Waals surface area (Å²) in [5.41, 5.74) is 0.999. The van der Waals surface area contributed by atoms with E-state index in [1.165, 1.54) is 27.3 Å². The number of thioether (sulfide) groups is 1. The molecule has 2 aliphatic carbocycles. The Balaban J connectivity index is 1.63. The highest BCUT2D eigenvalue weighted by atomic mass is 32.2. The van der Waals surface area contributed by atoms with Gasteiger partial charge in [-0.05, 0) is 56.2 Å². The number of thiophene rings is 1. The van der Waals surface area contributed by atoms with Crippen molar-refractivity contribution >= 4 is 39.2 Å². The number of rotatable bonds is 5. The SMILES string of the molecule is O=C(CSc1nc2sc3c(c2c(=O)n1-c1ccccc1F)CCCC3)NC1CC1. The second kappa shape index (κ2) is 7.57. The quantitative estimate of drug-likeness (QED) is 0.495. The number of para-hydroxylation sites is 1. The van der Waals surface area contributed by atoms with E-state index in [9.17, 15) is 14.0 Å². The number of nitrogens with zero attached hydrogens (tertiary/aromatic N) is 2. The molecule has 29 heavy (non-hydrogen) atoms. The zero-order valence-corrected chi connectivity index (χ0v) is 17.4. The van der Waals surface area contributed by atoms with Crippen LogP contribution in [0.15, 0.2) is 34.2 Å². The van der Waals surface area contributed by atoms with Crippen molar-refractivity contribution in [2.24, 2.45) is 0 Å². The predicted octanol–water partition coefficient (Wildman–Crippen LogP) is 3.84. The van der Waals surface area contributed by atoms with E-state index in [1.807, 2.05) is 0 Å². The van der Waals surface area contributed by atoms with E-state index in [0.717, 1.165) is 44.1 Å². The lowest BCUT2D eigenvalue weighted by atomic mass is 9.97. The zero-order chi connectivity index (χ0) is 20.0. The van der Waals surface area contributed by atoms with E-state index in [0.29, 0.717) is 15.4 Å². The van der Waals surface area contributed by atoms with Crippen LogP contribution in [0.1, 0.15) is 36.1 Å². The lowest BCUT2D eigenvalue weighted by molar-refractivity contribution is -0.118. The van der Waals surface area contributed by atoms with E-state index in [2.05, 4.69) is 5.32 Å². The summed E-state index contributed by atoms with van der Waals surface area (Å²) in [6.45, 7) is 0. The van der Waals surface area contributed by atoms with Gasteiger partial charge in [0, 0.05) is 10.9 Å². The van der Waals surface area contributed by atoms with Crippen molar-refractivity contribution in [3.63, 3.8) is 0 Å². The third-order valence-electron chi connectivity index (χ3n) is 5.33. The third kappa shape index (κ3) is 3.59. The Morgan fingerprint density at radius 2 is 2.07 bits per heavy atom. The number of carbonyl (C=O) groups excluding carboxylic acids is 1. The fourth-order valence-corrected chi connectivity index (χ4v) is 5.88.